The van der Waals surface area contributed by atoms with Crippen molar-refractivity contribution in [3.63, 3.8) is 0 Å². The summed E-state index contributed by atoms with van der Waals surface area (Å²) in [4.78, 5) is 21.7. The zero-order valence-electron chi connectivity index (χ0n) is 6.62. The smallest absolute Gasteiger partial charge is 0.306 e. The summed E-state index contributed by atoms with van der Waals surface area (Å²) in [6.45, 7) is 0. The SMILES string of the molecule is O=C1CC[C@H]2OC(=O)CC[C@H]2O1. The van der Waals surface area contributed by atoms with Crippen LogP contribution in [-0.4, -0.2) is 24.1 Å². The van der Waals surface area contributed by atoms with Gasteiger partial charge >= 0.3 is 11.9 Å². The fourth-order valence-corrected chi connectivity index (χ4v) is 1.62. The first kappa shape index (κ1) is 7.58. The summed E-state index contributed by atoms with van der Waals surface area (Å²) in [5.41, 5.74) is 0. The predicted octanol–water partition coefficient (Wildman–Crippen LogP) is 0.398. The Balaban J connectivity index is 2.02. The van der Waals surface area contributed by atoms with Gasteiger partial charge in [-0.25, -0.2) is 0 Å². The maximum Gasteiger partial charge on any atom is 0.306 e. The van der Waals surface area contributed by atoms with E-state index in [0.717, 1.165) is 0 Å². The average Bonchev–Trinajstić information content (AvgIpc) is 2.05. The molecule has 66 valence electrons. The van der Waals surface area contributed by atoms with E-state index in [1.165, 1.54) is 0 Å². The van der Waals surface area contributed by atoms with E-state index < -0.39 is 0 Å². The highest BCUT2D eigenvalue weighted by atomic mass is 16.6. The van der Waals surface area contributed by atoms with Gasteiger partial charge in [-0.1, -0.05) is 0 Å². The molecule has 0 aromatic heterocycles. The molecular formula is C8H10O4. The highest BCUT2D eigenvalue weighted by Gasteiger charge is 2.36. The van der Waals surface area contributed by atoms with E-state index in [0.29, 0.717) is 25.7 Å². The van der Waals surface area contributed by atoms with Crippen molar-refractivity contribution in [1.82, 2.24) is 0 Å². The summed E-state index contributed by atoms with van der Waals surface area (Å²) in [5.74, 6) is -0.344. The second kappa shape index (κ2) is 2.77. The zero-order valence-corrected chi connectivity index (χ0v) is 6.62. The summed E-state index contributed by atoms with van der Waals surface area (Å²) < 4.78 is 10.0. The summed E-state index contributed by atoms with van der Waals surface area (Å²) in [5, 5.41) is 0. The first-order valence-electron chi connectivity index (χ1n) is 4.14. The Morgan fingerprint density at radius 3 is 1.75 bits per heavy atom. The maximum absolute atomic E-state index is 10.8. The molecule has 4 nitrogen and oxygen atoms in total. The lowest BCUT2D eigenvalue weighted by Gasteiger charge is -2.33. The molecule has 0 amide bonds. The Hall–Kier alpha value is -1.06. The summed E-state index contributed by atoms with van der Waals surface area (Å²) in [7, 11) is 0. The molecule has 2 fully saturated rings. The van der Waals surface area contributed by atoms with E-state index in [1.807, 2.05) is 0 Å². The second-order valence-electron chi connectivity index (χ2n) is 3.13. The molecule has 0 aromatic carbocycles. The van der Waals surface area contributed by atoms with Crippen molar-refractivity contribution in [3.05, 3.63) is 0 Å². The summed E-state index contributed by atoms with van der Waals surface area (Å²) in [6, 6.07) is 0. The number of carbonyl (C=O) groups excluding carboxylic acids is 2. The lowest BCUT2D eigenvalue weighted by molar-refractivity contribution is -0.186. The molecule has 0 saturated carbocycles. The number of hydrogen-bond donors (Lipinski definition) is 0. The average molecular weight is 170 g/mol. The van der Waals surface area contributed by atoms with Crippen molar-refractivity contribution < 1.29 is 19.1 Å². The molecule has 0 aliphatic carbocycles. The second-order valence-corrected chi connectivity index (χ2v) is 3.13. The fourth-order valence-electron chi connectivity index (χ4n) is 1.62. The highest BCUT2D eigenvalue weighted by Crippen LogP contribution is 2.26. The lowest BCUT2D eigenvalue weighted by atomic mass is 9.98. The Kier molecular flexibility index (Phi) is 1.75. The largest absolute Gasteiger partial charge is 0.458 e. The first-order valence-corrected chi connectivity index (χ1v) is 4.14. The van der Waals surface area contributed by atoms with Gasteiger partial charge in [0.2, 0.25) is 0 Å². The molecule has 2 heterocycles. The minimum absolute atomic E-state index is 0.172. The van der Waals surface area contributed by atoms with Crippen molar-refractivity contribution in [2.75, 3.05) is 0 Å². The van der Waals surface area contributed by atoms with Gasteiger partial charge in [0.1, 0.15) is 12.2 Å². The number of ether oxygens (including phenoxy) is 2. The fraction of sp³-hybridized carbons (Fsp3) is 0.750. The molecule has 0 spiro atoms. The molecule has 2 aliphatic rings. The number of esters is 2. The van der Waals surface area contributed by atoms with Crippen molar-refractivity contribution in [2.24, 2.45) is 0 Å². The van der Waals surface area contributed by atoms with E-state index in [-0.39, 0.29) is 24.1 Å². The molecule has 0 N–H and O–H groups in total. The molecular weight excluding hydrogens is 160 g/mol. The molecule has 12 heavy (non-hydrogen) atoms. The highest BCUT2D eigenvalue weighted by molar-refractivity contribution is 5.73. The molecule has 0 bridgehead atoms. The van der Waals surface area contributed by atoms with Crippen LogP contribution in [0.25, 0.3) is 0 Å². The van der Waals surface area contributed by atoms with Crippen LogP contribution >= 0.6 is 0 Å². The van der Waals surface area contributed by atoms with Crippen LogP contribution in [-0.2, 0) is 19.1 Å². The molecule has 2 atom stereocenters. The van der Waals surface area contributed by atoms with E-state index in [9.17, 15) is 9.59 Å². The number of rotatable bonds is 0. The van der Waals surface area contributed by atoms with Gasteiger partial charge in [-0.05, 0) is 12.8 Å². The van der Waals surface area contributed by atoms with Crippen LogP contribution in [0.5, 0.6) is 0 Å². The van der Waals surface area contributed by atoms with Gasteiger partial charge in [0.05, 0.1) is 0 Å². The number of carbonyl (C=O) groups is 2. The van der Waals surface area contributed by atoms with Crippen LogP contribution in [0.1, 0.15) is 25.7 Å². The van der Waals surface area contributed by atoms with Crippen molar-refractivity contribution in [3.8, 4) is 0 Å². The number of hydrogen-bond acceptors (Lipinski definition) is 4. The van der Waals surface area contributed by atoms with Crippen LogP contribution in [0.3, 0.4) is 0 Å². The molecule has 2 saturated heterocycles. The van der Waals surface area contributed by atoms with Crippen molar-refractivity contribution >= 4 is 11.9 Å². The lowest BCUT2D eigenvalue weighted by Crippen LogP contribution is -2.43. The molecule has 0 aromatic rings. The zero-order chi connectivity index (χ0) is 8.55. The first-order chi connectivity index (χ1) is 5.75. The predicted molar refractivity (Wildman–Crippen MR) is 38.2 cm³/mol. The van der Waals surface area contributed by atoms with Crippen LogP contribution in [0, 0.1) is 0 Å². The third-order valence-electron chi connectivity index (χ3n) is 2.25. The molecule has 2 rings (SSSR count). The van der Waals surface area contributed by atoms with Crippen LogP contribution in [0.2, 0.25) is 0 Å². The van der Waals surface area contributed by atoms with Gasteiger partial charge in [0.15, 0.2) is 0 Å². The molecule has 0 unspecified atom stereocenters. The van der Waals surface area contributed by atoms with Crippen LogP contribution < -0.4 is 0 Å². The van der Waals surface area contributed by atoms with Crippen molar-refractivity contribution in [2.45, 2.75) is 37.9 Å². The van der Waals surface area contributed by atoms with Gasteiger partial charge in [-0.15, -0.1) is 0 Å². The normalized spacial score (nSPS) is 35.0. The Morgan fingerprint density at radius 2 is 1.33 bits per heavy atom. The molecule has 0 radical (unpaired) electrons. The van der Waals surface area contributed by atoms with Gasteiger partial charge in [0, 0.05) is 12.8 Å². The van der Waals surface area contributed by atoms with E-state index >= 15 is 0 Å². The summed E-state index contributed by atoms with van der Waals surface area (Å²) in [6.07, 6.45) is 1.63. The van der Waals surface area contributed by atoms with E-state index in [2.05, 4.69) is 0 Å². The van der Waals surface area contributed by atoms with Gasteiger partial charge in [-0.3, -0.25) is 9.59 Å². The monoisotopic (exact) mass is 170 g/mol. The van der Waals surface area contributed by atoms with Crippen molar-refractivity contribution in [1.29, 1.82) is 0 Å². The number of fused-ring (bicyclic) bond motifs is 1. The Labute approximate surface area is 69.8 Å². The van der Waals surface area contributed by atoms with Gasteiger partial charge in [0.25, 0.3) is 0 Å². The third kappa shape index (κ3) is 1.29. The van der Waals surface area contributed by atoms with E-state index in [1.54, 1.807) is 0 Å². The standard InChI is InChI=1S/C8H10O4/c9-7-3-1-5-6(12-7)2-4-8(10)11-5/h5-6H,1-4H2/t5-,6-/m1/s1. The summed E-state index contributed by atoms with van der Waals surface area (Å²) >= 11 is 0. The van der Waals surface area contributed by atoms with Gasteiger partial charge in [-0.2, -0.15) is 0 Å². The third-order valence-corrected chi connectivity index (χ3v) is 2.25. The van der Waals surface area contributed by atoms with Crippen LogP contribution in [0.4, 0.5) is 0 Å². The maximum atomic E-state index is 10.8. The minimum Gasteiger partial charge on any atom is -0.458 e. The van der Waals surface area contributed by atoms with Gasteiger partial charge < -0.3 is 9.47 Å². The molecule has 2 aliphatic heterocycles. The van der Waals surface area contributed by atoms with E-state index in [4.69, 9.17) is 9.47 Å². The molecule has 4 heteroatoms. The quantitative estimate of drug-likeness (QED) is 0.494. The Morgan fingerprint density at radius 1 is 0.917 bits per heavy atom. The minimum atomic E-state index is -0.177. The topological polar surface area (TPSA) is 52.6 Å². The van der Waals surface area contributed by atoms with Crippen LogP contribution in [0.15, 0.2) is 0 Å². The Bertz CT molecular complexity index is 199.